The molecule has 33 heavy (non-hydrogen) atoms. The molecule has 0 atom stereocenters. The number of hydrogen-bond acceptors (Lipinski definition) is 8. The van der Waals surface area contributed by atoms with Crippen LogP contribution in [-0.2, 0) is 61.3 Å². The summed E-state index contributed by atoms with van der Waals surface area (Å²) in [6, 6.07) is 1.95. The van der Waals surface area contributed by atoms with Crippen LogP contribution < -0.4 is 0 Å². The second-order valence-corrected chi connectivity index (χ2v) is 10.8. The van der Waals surface area contributed by atoms with Crippen LogP contribution in [0.5, 0.6) is 0 Å². The Bertz CT molecular complexity index is 497. The van der Waals surface area contributed by atoms with Crippen LogP contribution in [0.25, 0.3) is 0 Å². The topological polar surface area (TPSA) is 43.4 Å². The summed E-state index contributed by atoms with van der Waals surface area (Å²) in [5.41, 5.74) is 0. The number of ether oxygens (including phenoxy) is 4. The Labute approximate surface area is 231 Å². The molecule has 0 aromatic rings. The van der Waals surface area contributed by atoms with E-state index in [0.29, 0.717) is 32.8 Å². The average molecular weight is 584 g/mol. The second-order valence-electron chi connectivity index (χ2n) is 8.72. The molecule has 0 bridgehead atoms. The molecular formula is C22H36CuN2O4S4. The molecule has 193 valence electrons. The van der Waals surface area contributed by atoms with E-state index < -0.39 is 0 Å². The molecule has 1 radical (unpaired) electrons. The molecule has 4 heterocycles. The minimum atomic E-state index is 0. The SMILES string of the molecule is S=C([S-])N(C1CCOCC1)C1CCOCC1.S=C([S-])N(C1CCOCC1)C1CCOCC1.[Cu+2]. The zero-order valence-electron chi connectivity index (χ0n) is 19.1. The van der Waals surface area contributed by atoms with Gasteiger partial charge in [0.15, 0.2) is 0 Å². The van der Waals surface area contributed by atoms with Gasteiger partial charge in [0.25, 0.3) is 0 Å². The van der Waals surface area contributed by atoms with Gasteiger partial charge in [-0.15, -0.1) is 0 Å². The first kappa shape index (κ1) is 29.8. The van der Waals surface area contributed by atoms with E-state index >= 15 is 0 Å². The van der Waals surface area contributed by atoms with Gasteiger partial charge in [0.1, 0.15) is 0 Å². The van der Waals surface area contributed by atoms with Gasteiger partial charge in [-0.25, -0.2) is 0 Å². The Morgan fingerprint density at radius 1 is 0.485 bits per heavy atom. The Hall–Kier alpha value is 0.579. The van der Waals surface area contributed by atoms with Crippen molar-refractivity contribution >= 4 is 58.3 Å². The fourth-order valence-electron chi connectivity index (χ4n) is 5.05. The van der Waals surface area contributed by atoms with E-state index in [1.165, 1.54) is 0 Å². The molecule has 0 saturated carbocycles. The van der Waals surface area contributed by atoms with E-state index in [-0.39, 0.29) is 17.1 Å². The van der Waals surface area contributed by atoms with Crippen LogP contribution in [0.15, 0.2) is 0 Å². The average Bonchev–Trinajstić information content (AvgIpc) is 2.82. The van der Waals surface area contributed by atoms with E-state index in [0.717, 1.165) is 104 Å². The molecular weight excluding hydrogens is 548 g/mol. The molecule has 0 aliphatic carbocycles. The first-order chi connectivity index (χ1) is 15.6. The van der Waals surface area contributed by atoms with Crippen molar-refractivity contribution in [1.82, 2.24) is 9.80 Å². The van der Waals surface area contributed by atoms with Crippen molar-refractivity contribution in [3.05, 3.63) is 0 Å². The van der Waals surface area contributed by atoms with Crippen LogP contribution in [0.1, 0.15) is 51.4 Å². The Morgan fingerprint density at radius 3 is 0.818 bits per heavy atom. The number of rotatable bonds is 4. The predicted octanol–water partition coefficient (Wildman–Crippen LogP) is 2.95. The fraction of sp³-hybridized carbons (Fsp3) is 0.909. The normalized spacial score (nSPS) is 23.5. The van der Waals surface area contributed by atoms with Gasteiger partial charge < -0.3 is 78.4 Å². The van der Waals surface area contributed by atoms with Crippen LogP contribution in [-0.4, -0.2) is 95.5 Å². The summed E-state index contributed by atoms with van der Waals surface area (Å²) in [6.45, 7) is 6.69. The third-order valence-corrected chi connectivity index (χ3v) is 7.60. The standard InChI is InChI=1S/2C11H19NO2S2.Cu/c2*15-11(16)12(9-1-5-13-6-2-9)10-3-7-14-8-4-10;/h2*9-10H,1-8H2,(H,15,16);/q;;+2/p-2. The smallest absolute Gasteiger partial charge is 0.411 e. The summed E-state index contributed by atoms with van der Waals surface area (Å²) in [7, 11) is 0. The molecule has 11 heteroatoms. The van der Waals surface area contributed by atoms with Gasteiger partial charge in [-0.05, 0) is 51.4 Å². The van der Waals surface area contributed by atoms with Crippen molar-refractivity contribution in [3.8, 4) is 0 Å². The Kier molecular flexibility index (Phi) is 14.8. The first-order valence-corrected chi connectivity index (χ1v) is 13.5. The maximum absolute atomic E-state index is 5.39. The number of thiocarbonyl (C=S) groups is 2. The molecule has 0 aromatic carbocycles. The zero-order valence-corrected chi connectivity index (χ0v) is 23.3. The van der Waals surface area contributed by atoms with Crippen LogP contribution in [0, 0.1) is 0 Å². The molecule has 0 amide bonds. The van der Waals surface area contributed by atoms with Crippen LogP contribution in [0.4, 0.5) is 0 Å². The molecule has 0 unspecified atom stereocenters. The molecule has 0 spiro atoms. The molecule has 4 aliphatic rings. The quantitative estimate of drug-likeness (QED) is 0.280. The predicted molar refractivity (Wildman–Crippen MR) is 139 cm³/mol. The van der Waals surface area contributed by atoms with Gasteiger partial charge in [0, 0.05) is 77.0 Å². The summed E-state index contributed by atoms with van der Waals surface area (Å²) in [5, 5.41) is 0. The van der Waals surface area contributed by atoms with Crippen molar-refractivity contribution in [2.75, 3.05) is 52.9 Å². The summed E-state index contributed by atoms with van der Waals surface area (Å²) in [5.74, 6) is 0. The van der Waals surface area contributed by atoms with Crippen LogP contribution in [0.2, 0.25) is 0 Å². The maximum Gasteiger partial charge on any atom is 2.00 e. The molecule has 4 aliphatic heterocycles. The molecule has 4 saturated heterocycles. The van der Waals surface area contributed by atoms with Gasteiger partial charge >= 0.3 is 17.1 Å². The van der Waals surface area contributed by atoms with E-state index in [2.05, 4.69) is 9.80 Å². The van der Waals surface area contributed by atoms with Gasteiger partial charge in [0.2, 0.25) is 0 Å². The summed E-state index contributed by atoms with van der Waals surface area (Å²) < 4.78 is 22.8. The van der Waals surface area contributed by atoms with E-state index in [9.17, 15) is 0 Å². The van der Waals surface area contributed by atoms with Crippen LogP contribution >= 0.6 is 24.4 Å². The van der Waals surface area contributed by atoms with Gasteiger partial charge in [-0.1, -0.05) is 8.64 Å². The zero-order chi connectivity index (χ0) is 22.8. The molecule has 0 N–H and O–H groups in total. The second kappa shape index (κ2) is 16.3. The van der Waals surface area contributed by atoms with Crippen molar-refractivity contribution in [1.29, 1.82) is 0 Å². The fourth-order valence-corrected chi connectivity index (χ4v) is 6.24. The molecule has 0 aromatic heterocycles. The van der Waals surface area contributed by atoms with Gasteiger partial charge in [-0.3, -0.25) is 0 Å². The van der Waals surface area contributed by atoms with E-state index in [1.54, 1.807) is 0 Å². The van der Waals surface area contributed by atoms with E-state index in [1.807, 2.05) is 0 Å². The molecule has 4 rings (SSSR count). The Morgan fingerprint density at radius 2 is 0.667 bits per heavy atom. The maximum atomic E-state index is 5.39. The first-order valence-electron chi connectivity index (χ1n) is 11.9. The Balaban J connectivity index is 0.000000227. The van der Waals surface area contributed by atoms with Crippen molar-refractivity contribution in [2.45, 2.75) is 75.5 Å². The minimum Gasteiger partial charge on any atom is -0.411 e. The van der Waals surface area contributed by atoms with Crippen molar-refractivity contribution in [3.63, 3.8) is 0 Å². The summed E-state index contributed by atoms with van der Waals surface area (Å²) >= 11 is 21.0. The molecule has 6 nitrogen and oxygen atoms in total. The van der Waals surface area contributed by atoms with Gasteiger partial charge in [0.05, 0.1) is 0 Å². The van der Waals surface area contributed by atoms with Crippen molar-refractivity contribution < 1.29 is 36.0 Å². The molecule has 4 fully saturated rings. The monoisotopic (exact) mass is 583 g/mol. The summed E-state index contributed by atoms with van der Waals surface area (Å²) in [4.78, 5) is 4.55. The third kappa shape index (κ3) is 9.52. The number of hydrogen-bond donors (Lipinski definition) is 0. The van der Waals surface area contributed by atoms with Crippen molar-refractivity contribution in [2.24, 2.45) is 0 Å². The minimum absolute atomic E-state index is 0. The third-order valence-electron chi connectivity index (χ3n) is 6.76. The van der Waals surface area contributed by atoms with Crippen LogP contribution in [0.3, 0.4) is 0 Å². The number of nitrogens with zero attached hydrogens (tertiary/aromatic N) is 2. The van der Waals surface area contributed by atoms with Gasteiger partial charge in [-0.2, -0.15) is 0 Å². The summed E-state index contributed by atoms with van der Waals surface area (Å²) in [6.07, 6.45) is 8.40. The van der Waals surface area contributed by atoms with E-state index in [4.69, 9.17) is 68.6 Å². The largest absolute Gasteiger partial charge is 2.00 e.